The van der Waals surface area contributed by atoms with Crippen molar-refractivity contribution in [2.24, 2.45) is 5.41 Å². The lowest BCUT2D eigenvalue weighted by molar-refractivity contribution is -0.138. The van der Waals surface area contributed by atoms with Gasteiger partial charge in [-0.2, -0.15) is 0 Å². The van der Waals surface area contributed by atoms with Crippen molar-refractivity contribution in [2.45, 2.75) is 65.5 Å². The van der Waals surface area contributed by atoms with Crippen LogP contribution in [0.3, 0.4) is 0 Å². The fraction of sp³-hybridized carbons (Fsp3) is 0.667. The summed E-state index contributed by atoms with van der Waals surface area (Å²) < 4.78 is 11.9. The molecule has 0 bridgehead atoms. The average molecular weight is 308 g/mol. The molecule has 1 unspecified atom stereocenters. The van der Waals surface area contributed by atoms with E-state index in [4.69, 9.17) is 14.6 Å². The maximum absolute atomic E-state index is 11.3. The van der Waals surface area contributed by atoms with Gasteiger partial charge in [-0.1, -0.05) is 31.6 Å². The Hall–Kier alpha value is -1.10. The van der Waals surface area contributed by atoms with Crippen LogP contribution in [0, 0.1) is 5.41 Å². The highest BCUT2D eigenvalue weighted by Crippen LogP contribution is 2.52. The average Bonchev–Trinajstić information content (AvgIpc) is 2.68. The molecule has 4 nitrogen and oxygen atoms in total. The number of allylic oxidation sites excluding steroid dienone is 2. The molecule has 2 atom stereocenters. The maximum atomic E-state index is 11.3. The van der Waals surface area contributed by atoms with Crippen LogP contribution in [0.4, 0.5) is 0 Å². The Balaban J connectivity index is 2.44. The van der Waals surface area contributed by atoms with E-state index >= 15 is 0 Å². The van der Waals surface area contributed by atoms with Crippen LogP contribution in [-0.2, 0) is 9.47 Å². The molecule has 0 aromatic heterocycles. The van der Waals surface area contributed by atoms with Gasteiger partial charge in [-0.3, -0.25) is 0 Å². The first kappa shape index (κ1) is 17.3. The molecule has 1 fully saturated rings. The van der Waals surface area contributed by atoms with E-state index in [0.29, 0.717) is 6.42 Å². The number of aliphatic hydroxyl groups excluding tert-OH is 1. The second-order valence-corrected chi connectivity index (χ2v) is 7.42. The number of aliphatic hydroxyl groups is 2. The van der Waals surface area contributed by atoms with Gasteiger partial charge < -0.3 is 19.7 Å². The summed E-state index contributed by atoms with van der Waals surface area (Å²) in [5.41, 5.74) is 0.223. The van der Waals surface area contributed by atoms with Crippen molar-refractivity contribution < 1.29 is 19.7 Å². The highest BCUT2D eigenvalue weighted by atomic mass is 16.7. The third-order valence-electron chi connectivity index (χ3n) is 4.74. The maximum Gasteiger partial charge on any atom is 0.205 e. The Morgan fingerprint density at radius 1 is 1.32 bits per heavy atom. The molecule has 0 amide bonds. The fourth-order valence-electron chi connectivity index (χ4n) is 3.33. The minimum atomic E-state index is -1.10. The van der Waals surface area contributed by atoms with Gasteiger partial charge in [0, 0.05) is 24.8 Å². The third kappa shape index (κ3) is 2.87. The van der Waals surface area contributed by atoms with Crippen LogP contribution < -0.4 is 0 Å². The molecule has 1 aliphatic heterocycles. The molecule has 0 aromatic carbocycles. The zero-order chi connectivity index (χ0) is 16.8. The molecule has 0 radical (unpaired) electrons. The Morgan fingerprint density at radius 3 is 2.55 bits per heavy atom. The van der Waals surface area contributed by atoms with E-state index in [1.165, 1.54) is 0 Å². The molecule has 1 heterocycles. The summed E-state index contributed by atoms with van der Waals surface area (Å²) in [4.78, 5) is 0. The van der Waals surface area contributed by atoms with Gasteiger partial charge in [0.15, 0.2) is 0 Å². The first-order valence-electron chi connectivity index (χ1n) is 7.80. The van der Waals surface area contributed by atoms with Crippen molar-refractivity contribution in [1.82, 2.24) is 0 Å². The minimum absolute atomic E-state index is 0.00865. The summed E-state index contributed by atoms with van der Waals surface area (Å²) in [6.45, 7) is 11.7. The quantitative estimate of drug-likeness (QED) is 0.787. The zero-order valence-corrected chi connectivity index (χ0v) is 14.4. The summed E-state index contributed by atoms with van der Waals surface area (Å²) in [6.07, 6.45) is 5.95. The summed E-state index contributed by atoms with van der Waals surface area (Å²) in [5.74, 6) is 0.0965. The molecule has 0 aromatic rings. The molecule has 124 valence electrons. The van der Waals surface area contributed by atoms with Crippen LogP contribution in [0.1, 0.15) is 48.0 Å². The molecule has 0 saturated carbocycles. The Morgan fingerprint density at radius 2 is 1.95 bits per heavy atom. The van der Waals surface area contributed by atoms with Gasteiger partial charge in [-0.25, -0.2) is 0 Å². The smallest absolute Gasteiger partial charge is 0.205 e. The standard InChI is InChI=1S/C18H28O4/c1-12(8-10-19)7-9-18(20)13(2)15-14(11-16(18,3)4)21-17(5,6)22-15/h7-9,14,19-20H,10-11H2,1-6H3/t14-,18?/m0/s1. The van der Waals surface area contributed by atoms with Gasteiger partial charge in [0.25, 0.3) is 0 Å². The van der Waals surface area contributed by atoms with E-state index in [0.717, 1.165) is 16.9 Å². The van der Waals surface area contributed by atoms with Crippen LogP contribution in [0.2, 0.25) is 0 Å². The molecule has 2 aliphatic rings. The van der Waals surface area contributed by atoms with Crippen molar-refractivity contribution in [3.63, 3.8) is 0 Å². The molecule has 2 N–H and O–H groups in total. The predicted octanol–water partition coefficient (Wildman–Crippen LogP) is 3.07. The Bertz CT molecular complexity index is 539. The fourth-order valence-corrected chi connectivity index (χ4v) is 3.33. The Kier molecular flexibility index (Phi) is 4.33. The molecule has 1 aliphatic carbocycles. The number of rotatable bonds is 3. The van der Waals surface area contributed by atoms with E-state index < -0.39 is 11.4 Å². The van der Waals surface area contributed by atoms with Gasteiger partial charge >= 0.3 is 0 Å². The lowest BCUT2D eigenvalue weighted by atomic mass is 9.63. The number of ether oxygens (including phenoxy) is 2. The van der Waals surface area contributed by atoms with Crippen molar-refractivity contribution >= 4 is 0 Å². The van der Waals surface area contributed by atoms with Gasteiger partial charge in [-0.05, 0) is 26.3 Å². The van der Waals surface area contributed by atoms with E-state index in [2.05, 4.69) is 0 Å². The van der Waals surface area contributed by atoms with E-state index in [1.54, 1.807) is 6.08 Å². The molecular weight excluding hydrogens is 280 g/mol. The summed E-state index contributed by atoms with van der Waals surface area (Å²) >= 11 is 0. The highest BCUT2D eigenvalue weighted by molar-refractivity contribution is 5.38. The third-order valence-corrected chi connectivity index (χ3v) is 4.74. The van der Waals surface area contributed by atoms with Crippen LogP contribution in [0.5, 0.6) is 0 Å². The molecular formula is C18H28O4. The first-order chi connectivity index (χ1) is 10.0. The zero-order valence-electron chi connectivity index (χ0n) is 14.4. The highest BCUT2D eigenvalue weighted by Gasteiger charge is 2.55. The van der Waals surface area contributed by atoms with Crippen LogP contribution in [0.15, 0.2) is 35.1 Å². The second kappa shape index (κ2) is 5.52. The molecule has 22 heavy (non-hydrogen) atoms. The van der Waals surface area contributed by atoms with Crippen LogP contribution in [-0.4, -0.2) is 34.3 Å². The molecule has 1 saturated heterocycles. The van der Waals surface area contributed by atoms with Crippen molar-refractivity contribution in [1.29, 1.82) is 0 Å². The lowest BCUT2D eigenvalue weighted by Gasteiger charge is -2.46. The summed E-state index contributed by atoms with van der Waals surface area (Å²) in [5, 5.41) is 20.3. The lowest BCUT2D eigenvalue weighted by Crippen LogP contribution is -2.50. The monoisotopic (exact) mass is 308 g/mol. The van der Waals surface area contributed by atoms with Crippen molar-refractivity contribution in [2.75, 3.05) is 6.61 Å². The van der Waals surface area contributed by atoms with Crippen molar-refractivity contribution in [3.8, 4) is 0 Å². The SMILES string of the molecule is CC(C=CC1(O)C(C)=C2OC(C)(C)O[C@H]2CC1(C)C)=CCO. The Labute approximate surface area is 133 Å². The minimum Gasteiger partial charge on any atom is -0.464 e. The van der Waals surface area contributed by atoms with Gasteiger partial charge in [-0.15, -0.1) is 0 Å². The molecule has 4 heteroatoms. The molecule has 0 spiro atoms. The first-order valence-corrected chi connectivity index (χ1v) is 7.80. The van der Waals surface area contributed by atoms with Crippen molar-refractivity contribution in [3.05, 3.63) is 35.1 Å². The largest absolute Gasteiger partial charge is 0.464 e. The van der Waals surface area contributed by atoms with E-state index in [-0.39, 0.29) is 18.1 Å². The summed E-state index contributed by atoms with van der Waals surface area (Å²) in [6, 6.07) is 0. The van der Waals surface area contributed by atoms with E-state index in [9.17, 15) is 5.11 Å². The van der Waals surface area contributed by atoms with Crippen LogP contribution in [0.25, 0.3) is 0 Å². The van der Waals surface area contributed by atoms with E-state index in [1.807, 2.05) is 53.7 Å². The molecule has 2 rings (SSSR count). The summed E-state index contributed by atoms with van der Waals surface area (Å²) in [7, 11) is 0. The number of hydrogen-bond acceptors (Lipinski definition) is 4. The normalized spacial score (nSPS) is 34.0. The number of fused-ring (bicyclic) bond motifs is 1. The van der Waals surface area contributed by atoms with Gasteiger partial charge in [0.1, 0.15) is 17.5 Å². The van der Waals surface area contributed by atoms with Gasteiger partial charge in [0.05, 0.1) is 6.61 Å². The number of hydrogen-bond donors (Lipinski definition) is 2. The predicted molar refractivity (Wildman–Crippen MR) is 86.1 cm³/mol. The second-order valence-electron chi connectivity index (χ2n) is 7.42. The topological polar surface area (TPSA) is 58.9 Å². The van der Waals surface area contributed by atoms with Crippen LogP contribution >= 0.6 is 0 Å². The van der Waals surface area contributed by atoms with Gasteiger partial charge in [0.2, 0.25) is 5.79 Å².